The predicted molar refractivity (Wildman–Crippen MR) is 110 cm³/mol. The van der Waals surface area contributed by atoms with Crippen LogP contribution in [0.3, 0.4) is 0 Å². The molecule has 3 rings (SSSR count). The van der Waals surface area contributed by atoms with Crippen molar-refractivity contribution in [2.45, 2.75) is 4.21 Å². The van der Waals surface area contributed by atoms with Crippen LogP contribution in [-0.4, -0.2) is 47.9 Å². The molecular formula is C17H16ClN5O4S2. The van der Waals surface area contributed by atoms with E-state index in [-0.39, 0.29) is 16.4 Å². The van der Waals surface area contributed by atoms with Crippen LogP contribution in [0.1, 0.15) is 10.5 Å². The number of hydrogen-bond donors (Lipinski definition) is 2. The largest absolute Gasteiger partial charge is 0.364 e. The van der Waals surface area contributed by atoms with E-state index in [2.05, 4.69) is 10.4 Å². The van der Waals surface area contributed by atoms with Crippen LogP contribution in [0.5, 0.6) is 0 Å². The average Bonchev–Trinajstić information content (AvgIpc) is 3.32. The SMILES string of the molecule is CN(CC(=O)Nc1ccc(-n2ccc(C(N)=O)n2)cc1)S(=O)(=O)c1ccc(Cl)s1. The van der Waals surface area contributed by atoms with E-state index in [9.17, 15) is 18.0 Å². The molecule has 2 amide bonds. The van der Waals surface area contributed by atoms with E-state index in [0.29, 0.717) is 15.7 Å². The van der Waals surface area contributed by atoms with Crippen molar-refractivity contribution in [1.29, 1.82) is 0 Å². The van der Waals surface area contributed by atoms with Crippen molar-refractivity contribution in [3.8, 4) is 5.69 Å². The van der Waals surface area contributed by atoms with Crippen LogP contribution in [-0.2, 0) is 14.8 Å². The fourth-order valence-electron chi connectivity index (χ4n) is 2.37. The number of benzene rings is 1. The first-order chi connectivity index (χ1) is 13.7. The molecule has 2 heterocycles. The van der Waals surface area contributed by atoms with Crippen LogP contribution in [0.25, 0.3) is 5.69 Å². The maximum absolute atomic E-state index is 12.4. The Morgan fingerprint density at radius 3 is 2.45 bits per heavy atom. The summed E-state index contributed by atoms with van der Waals surface area (Å²) in [5.74, 6) is -1.13. The standard InChI is InChI=1S/C17H16ClN5O4S2/c1-22(29(26,27)16-7-6-14(18)28-16)10-15(24)20-11-2-4-12(5-3-11)23-9-8-13(21-23)17(19)25/h2-9H,10H2,1H3,(H2,19,25)(H,20,24). The molecule has 152 valence electrons. The quantitative estimate of drug-likeness (QED) is 0.565. The predicted octanol–water partition coefficient (Wildman–Crippen LogP) is 1.95. The highest BCUT2D eigenvalue weighted by Crippen LogP contribution is 2.27. The normalized spacial score (nSPS) is 11.6. The number of aromatic nitrogens is 2. The number of nitrogens with zero attached hydrogens (tertiary/aromatic N) is 3. The second-order valence-electron chi connectivity index (χ2n) is 5.92. The molecule has 0 aliphatic rings. The van der Waals surface area contributed by atoms with Crippen molar-refractivity contribution in [2.24, 2.45) is 5.73 Å². The topological polar surface area (TPSA) is 127 Å². The molecule has 0 aliphatic carbocycles. The summed E-state index contributed by atoms with van der Waals surface area (Å²) in [6, 6.07) is 11.0. The highest BCUT2D eigenvalue weighted by molar-refractivity contribution is 7.91. The van der Waals surface area contributed by atoms with Gasteiger partial charge >= 0.3 is 0 Å². The number of amides is 2. The van der Waals surface area contributed by atoms with E-state index in [4.69, 9.17) is 17.3 Å². The van der Waals surface area contributed by atoms with Crippen molar-refractivity contribution in [3.63, 3.8) is 0 Å². The third-order valence-corrected chi connectivity index (χ3v) is 7.34. The molecule has 0 atom stereocenters. The Morgan fingerprint density at radius 2 is 1.90 bits per heavy atom. The number of thiophene rings is 1. The Morgan fingerprint density at radius 1 is 1.21 bits per heavy atom. The van der Waals surface area contributed by atoms with Gasteiger partial charge in [0.15, 0.2) is 0 Å². The number of hydrogen-bond acceptors (Lipinski definition) is 6. The molecule has 0 fully saturated rings. The van der Waals surface area contributed by atoms with E-state index in [0.717, 1.165) is 15.6 Å². The van der Waals surface area contributed by atoms with Crippen LogP contribution in [0.2, 0.25) is 4.34 Å². The number of rotatable bonds is 7. The van der Waals surface area contributed by atoms with Gasteiger partial charge in [0, 0.05) is 18.9 Å². The summed E-state index contributed by atoms with van der Waals surface area (Å²) in [5.41, 5.74) is 6.45. The van der Waals surface area contributed by atoms with Gasteiger partial charge in [-0.25, -0.2) is 13.1 Å². The number of anilines is 1. The lowest BCUT2D eigenvalue weighted by Gasteiger charge is -2.15. The Kier molecular flexibility index (Phi) is 6.03. The molecule has 29 heavy (non-hydrogen) atoms. The number of carbonyl (C=O) groups excluding carboxylic acids is 2. The molecule has 1 aromatic carbocycles. The molecule has 0 radical (unpaired) electrons. The van der Waals surface area contributed by atoms with Crippen LogP contribution >= 0.6 is 22.9 Å². The van der Waals surface area contributed by atoms with Crippen molar-refractivity contribution in [2.75, 3.05) is 18.9 Å². The zero-order valence-electron chi connectivity index (χ0n) is 15.1. The van der Waals surface area contributed by atoms with Crippen molar-refractivity contribution in [3.05, 3.63) is 58.7 Å². The average molecular weight is 454 g/mol. The zero-order valence-corrected chi connectivity index (χ0v) is 17.5. The minimum absolute atomic E-state index is 0.0664. The zero-order chi connectivity index (χ0) is 21.2. The molecule has 2 aromatic heterocycles. The molecule has 0 unspecified atom stereocenters. The Labute approximate surface area is 175 Å². The summed E-state index contributed by atoms with van der Waals surface area (Å²) < 4.78 is 27.7. The number of likely N-dealkylation sites (N-methyl/N-ethyl adjacent to an activating group) is 1. The minimum Gasteiger partial charge on any atom is -0.364 e. The first-order valence-corrected chi connectivity index (χ1v) is 10.8. The highest BCUT2D eigenvalue weighted by atomic mass is 35.5. The fraction of sp³-hybridized carbons (Fsp3) is 0.118. The van der Waals surface area contributed by atoms with E-state index in [1.165, 1.54) is 29.9 Å². The molecule has 3 aromatic rings. The molecule has 0 saturated heterocycles. The smallest absolute Gasteiger partial charge is 0.269 e. The van der Waals surface area contributed by atoms with E-state index >= 15 is 0 Å². The van der Waals surface area contributed by atoms with E-state index < -0.39 is 21.8 Å². The van der Waals surface area contributed by atoms with Crippen molar-refractivity contribution < 1.29 is 18.0 Å². The maximum atomic E-state index is 12.4. The fourth-order valence-corrected chi connectivity index (χ4v) is 5.19. The van der Waals surface area contributed by atoms with Gasteiger partial charge in [0.05, 0.1) is 16.6 Å². The number of sulfonamides is 1. The lowest BCUT2D eigenvalue weighted by atomic mass is 10.3. The van der Waals surface area contributed by atoms with Gasteiger partial charge in [-0.15, -0.1) is 11.3 Å². The maximum Gasteiger partial charge on any atom is 0.269 e. The Bertz CT molecular complexity index is 1150. The number of primary amides is 1. The van der Waals surface area contributed by atoms with Gasteiger partial charge in [0.2, 0.25) is 5.91 Å². The van der Waals surface area contributed by atoms with Gasteiger partial charge < -0.3 is 11.1 Å². The third kappa shape index (κ3) is 4.82. The summed E-state index contributed by atoms with van der Waals surface area (Å²) >= 11 is 6.71. The monoisotopic (exact) mass is 453 g/mol. The first-order valence-electron chi connectivity index (χ1n) is 8.14. The first kappa shape index (κ1) is 21.0. The van der Waals surface area contributed by atoms with Gasteiger partial charge in [-0.1, -0.05) is 11.6 Å². The van der Waals surface area contributed by atoms with Crippen molar-refractivity contribution >= 4 is 50.5 Å². The lowest BCUT2D eigenvalue weighted by Crippen LogP contribution is -2.34. The molecule has 0 aliphatic heterocycles. The van der Waals surface area contributed by atoms with E-state index in [1.54, 1.807) is 30.5 Å². The number of carbonyl (C=O) groups is 2. The van der Waals surface area contributed by atoms with Crippen LogP contribution < -0.4 is 11.1 Å². The van der Waals surface area contributed by atoms with Crippen molar-refractivity contribution in [1.82, 2.24) is 14.1 Å². The molecule has 0 saturated carbocycles. The Hall–Kier alpha value is -2.73. The molecule has 0 spiro atoms. The molecule has 9 nitrogen and oxygen atoms in total. The van der Waals surface area contributed by atoms with Crippen LogP contribution in [0.4, 0.5) is 5.69 Å². The van der Waals surface area contributed by atoms with Gasteiger partial charge in [-0.05, 0) is 42.5 Å². The molecule has 12 heteroatoms. The van der Waals surface area contributed by atoms with E-state index in [1.807, 2.05) is 0 Å². The minimum atomic E-state index is -3.80. The highest BCUT2D eigenvalue weighted by Gasteiger charge is 2.24. The van der Waals surface area contributed by atoms with Gasteiger partial charge in [0.25, 0.3) is 15.9 Å². The summed E-state index contributed by atoms with van der Waals surface area (Å²) in [4.78, 5) is 23.3. The van der Waals surface area contributed by atoms with Gasteiger partial charge in [-0.3, -0.25) is 9.59 Å². The Balaban J connectivity index is 1.63. The second kappa shape index (κ2) is 8.33. The van der Waals surface area contributed by atoms with Crippen LogP contribution in [0, 0.1) is 0 Å². The number of halogens is 1. The van der Waals surface area contributed by atoms with Gasteiger partial charge in [-0.2, -0.15) is 9.40 Å². The molecule has 0 bridgehead atoms. The summed E-state index contributed by atoms with van der Waals surface area (Å²) in [7, 11) is -2.48. The van der Waals surface area contributed by atoms with Gasteiger partial charge in [0.1, 0.15) is 9.90 Å². The number of nitrogens with one attached hydrogen (secondary N) is 1. The molecular weight excluding hydrogens is 438 g/mol. The summed E-state index contributed by atoms with van der Waals surface area (Å²) in [6.07, 6.45) is 1.59. The lowest BCUT2D eigenvalue weighted by molar-refractivity contribution is -0.116. The summed E-state index contributed by atoms with van der Waals surface area (Å²) in [5, 5.41) is 6.67. The number of nitrogens with two attached hydrogens (primary N) is 1. The van der Waals surface area contributed by atoms with Crippen LogP contribution in [0.15, 0.2) is 52.9 Å². The molecule has 3 N–H and O–H groups in total. The second-order valence-corrected chi connectivity index (χ2v) is 9.91. The summed E-state index contributed by atoms with van der Waals surface area (Å²) in [6.45, 7) is -0.360. The third-order valence-electron chi connectivity index (χ3n) is 3.84.